The second kappa shape index (κ2) is 7.21. The van der Waals surface area contributed by atoms with Crippen molar-refractivity contribution >= 4 is 21.2 Å². The van der Waals surface area contributed by atoms with Crippen LogP contribution in [0.15, 0.2) is 0 Å². The minimum Gasteiger partial charge on any atom is -0.312 e. The van der Waals surface area contributed by atoms with Gasteiger partial charge in [-0.2, -0.15) is 0 Å². The zero-order valence-corrected chi connectivity index (χ0v) is 13.0. The molecule has 0 aliphatic rings. The Balaban J connectivity index is 2.59. The molecule has 0 aliphatic heterocycles. The van der Waals surface area contributed by atoms with E-state index >= 15 is 0 Å². The largest absolute Gasteiger partial charge is 0.312 e. The third-order valence-electron chi connectivity index (χ3n) is 2.71. The Morgan fingerprint density at radius 3 is 2.67 bits per heavy atom. The van der Waals surface area contributed by atoms with E-state index < -0.39 is 9.84 Å². The van der Waals surface area contributed by atoms with Crippen molar-refractivity contribution in [3.8, 4) is 0 Å². The maximum absolute atomic E-state index is 11.5. The topological polar surface area (TPSA) is 59.1 Å². The van der Waals surface area contributed by atoms with Crippen LogP contribution in [0.2, 0.25) is 0 Å². The lowest BCUT2D eigenvalue weighted by Gasteiger charge is -2.01. The van der Waals surface area contributed by atoms with Crippen LogP contribution in [0.1, 0.15) is 42.3 Å². The van der Waals surface area contributed by atoms with Gasteiger partial charge < -0.3 is 5.32 Å². The molecule has 0 aliphatic carbocycles. The second-order valence-corrected chi connectivity index (χ2v) is 7.84. The Morgan fingerprint density at radius 2 is 2.06 bits per heavy atom. The van der Waals surface area contributed by atoms with Gasteiger partial charge in [0.05, 0.1) is 5.69 Å². The third-order valence-corrected chi connectivity index (χ3v) is 5.65. The number of thiazole rings is 1. The molecule has 1 heterocycles. The molecule has 0 atom stereocenters. The molecule has 0 fully saturated rings. The summed E-state index contributed by atoms with van der Waals surface area (Å²) in [4.78, 5) is 5.49. The fourth-order valence-corrected chi connectivity index (χ4v) is 3.76. The molecule has 0 saturated heterocycles. The first-order valence-electron chi connectivity index (χ1n) is 6.34. The summed E-state index contributed by atoms with van der Waals surface area (Å²) in [5.74, 6) is 0.250. The molecule has 1 aromatic rings. The molecule has 1 aromatic heterocycles. The van der Waals surface area contributed by atoms with Crippen LogP contribution in [0.5, 0.6) is 0 Å². The lowest BCUT2D eigenvalue weighted by atomic mass is 10.3. The molecular weight excluding hydrogens is 268 g/mol. The summed E-state index contributed by atoms with van der Waals surface area (Å²) in [6, 6.07) is 0. The van der Waals surface area contributed by atoms with E-state index in [-0.39, 0.29) is 11.5 Å². The number of nitrogens with zero attached hydrogens (tertiary/aromatic N) is 1. The molecule has 6 heteroatoms. The zero-order valence-electron chi connectivity index (χ0n) is 11.3. The average Bonchev–Trinajstić information content (AvgIpc) is 2.64. The predicted octanol–water partition coefficient (Wildman–Crippen LogP) is 2.28. The number of aryl methyl sites for hydroxylation is 1. The fourth-order valence-electron chi connectivity index (χ4n) is 1.51. The number of rotatable bonds is 8. The molecule has 18 heavy (non-hydrogen) atoms. The second-order valence-electron chi connectivity index (χ2n) is 4.32. The third kappa shape index (κ3) is 5.04. The number of unbranched alkanes of at least 4 members (excludes halogenated alkanes) is 1. The highest BCUT2D eigenvalue weighted by molar-refractivity contribution is 7.90. The van der Waals surface area contributed by atoms with Gasteiger partial charge in [0.25, 0.3) is 0 Å². The highest BCUT2D eigenvalue weighted by Crippen LogP contribution is 2.20. The lowest BCUT2D eigenvalue weighted by Crippen LogP contribution is -2.14. The van der Waals surface area contributed by atoms with Crippen LogP contribution in [0.25, 0.3) is 0 Å². The molecule has 0 unspecified atom stereocenters. The molecule has 104 valence electrons. The summed E-state index contributed by atoms with van der Waals surface area (Å²) in [5.41, 5.74) is 0.949. The van der Waals surface area contributed by atoms with Gasteiger partial charge in [-0.05, 0) is 19.9 Å². The predicted molar refractivity (Wildman–Crippen MR) is 76.6 cm³/mol. The van der Waals surface area contributed by atoms with Crippen LogP contribution in [-0.4, -0.2) is 25.7 Å². The van der Waals surface area contributed by atoms with Gasteiger partial charge in [-0.3, -0.25) is 0 Å². The normalized spacial score (nSPS) is 11.9. The van der Waals surface area contributed by atoms with Gasteiger partial charge in [-0.1, -0.05) is 20.3 Å². The Kier molecular flexibility index (Phi) is 6.25. The first-order valence-corrected chi connectivity index (χ1v) is 8.98. The first-order chi connectivity index (χ1) is 8.48. The molecule has 1 N–H and O–H groups in total. The first kappa shape index (κ1) is 15.6. The van der Waals surface area contributed by atoms with Gasteiger partial charge in [-0.25, -0.2) is 13.4 Å². The van der Waals surface area contributed by atoms with E-state index in [1.807, 2.05) is 6.92 Å². The van der Waals surface area contributed by atoms with Gasteiger partial charge in [-0.15, -0.1) is 11.3 Å². The van der Waals surface area contributed by atoms with Gasteiger partial charge in [0.1, 0.15) is 10.8 Å². The number of hydrogen-bond acceptors (Lipinski definition) is 5. The Morgan fingerprint density at radius 1 is 1.33 bits per heavy atom. The van der Waals surface area contributed by atoms with Crippen molar-refractivity contribution in [3.63, 3.8) is 0 Å². The summed E-state index contributed by atoms with van der Waals surface area (Å²) < 4.78 is 23.1. The maximum atomic E-state index is 11.5. The highest BCUT2D eigenvalue weighted by Gasteiger charge is 2.14. The summed E-state index contributed by atoms with van der Waals surface area (Å²) >= 11 is 1.51. The monoisotopic (exact) mass is 290 g/mol. The summed E-state index contributed by atoms with van der Waals surface area (Å²) in [7, 11) is -2.98. The van der Waals surface area contributed by atoms with Gasteiger partial charge in [0.15, 0.2) is 9.84 Å². The van der Waals surface area contributed by atoms with E-state index in [4.69, 9.17) is 0 Å². The van der Waals surface area contributed by atoms with E-state index in [2.05, 4.69) is 17.2 Å². The van der Waals surface area contributed by atoms with E-state index in [1.54, 1.807) is 6.92 Å². The van der Waals surface area contributed by atoms with Crippen molar-refractivity contribution in [2.45, 2.75) is 45.9 Å². The van der Waals surface area contributed by atoms with Crippen LogP contribution < -0.4 is 5.32 Å². The molecule has 0 saturated carbocycles. The van der Waals surface area contributed by atoms with Crippen molar-refractivity contribution in [2.24, 2.45) is 0 Å². The van der Waals surface area contributed by atoms with Crippen LogP contribution in [0, 0.1) is 6.92 Å². The molecule has 1 rings (SSSR count). The highest BCUT2D eigenvalue weighted by atomic mass is 32.2. The van der Waals surface area contributed by atoms with Crippen molar-refractivity contribution < 1.29 is 8.42 Å². The van der Waals surface area contributed by atoms with Crippen molar-refractivity contribution in [1.29, 1.82) is 0 Å². The van der Waals surface area contributed by atoms with Crippen LogP contribution in [0.3, 0.4) is 0 Å². The summed E-state index contributed by atoms with van der Waals surface area (Å²) in [6.45, 7) is 7.55. The molecule has 0 amide bonds. The smallest absolute Gasteiger partial charge is 0.156 e. The van der Waals surface area contributed by atoms with Crippen molar-refractivity contribution in [2.75, 3.05) is 12.3 Å². The van der Waals surface area contributed by atoms with E-state index in [9.17, 15) is 8.42 Å². The molecule has 0 radical (unpaired) electrons. The van der Waals surface area contributed by atoms with Crippen LogP contribution >= 0.6 is 11.3 Å². The van der Waals surface area contributed by atoms with E-state index in [0.717, 1.165) is 30.1 Å². The lowest BCUT2D eigenvalue weighted by molar-refractivity contribution is 0.596. The van der Waals surface area contributed by atoms with Gasteiger partial charge in [0, 0.05) is 17.2 Å². The zero-order chi connectivity index (χ0) is 13.6. The van der Waals surface area contributed by atoms with Gasteiger partial charge >= 0.3 is 0 Å². The Bertz CT molecular complexity index is 466. The standard InChI is InChI=1S/C12H22N2O2S2/c1-4-6-7-13-8-11-10(3)14-12(17-11)9-18(15,16)5-2/h13H,4-9H2,1-3H3. The quantitative estimate of drug-likeness (QED) is 0.746. The van der Waals surface area contributed by atoms with Crippen molar-refractivity contribution in [3.05, 3.63) is 15.6 Å². The maximum Gasteiger partial charge on any atom is 0.156 e. The number of hydrogen-bond donors (Lipinski definition) is 1. The summed E-state index contributed by atoms with van der Waals surface area (Å²) in [5, 5.41) is 4.06. The Hall–Kier alpha value is -0.460. The molecular formula is C12H22N2O2S2. The number of aromatic nitrogens is 1. The Labute approximate surface area is 114 Å². The van der Waals surface area contributed by atoms with E-state index in [1.165, 1.54) is 17.8 Å². The van der Waals surface area contributed by atoms with Gasteiger partial charge in [0.2, 0.25) is 0 Å². The molecule has 0 bridgehead atoms. The molecule has 0 spiro atoms. The van der Waals surface area contributed by atoms with Crippen LogP contribution in [0.4, 0.5) is 0 Å². The molecule has 0 aromatic carbocycles. The molecule has 4 nitrogen and oxygen atoms in total. The average molecular weight is 290 g/mol. The van der Waals surface area contributed by atoms with Crippen LogP contribution in [-0.2, 0) is 22.1 Å². The fraction of sp³-hybridized carbons (Fsp3) is 0.750. The van der Waals surface area contributed by atoms with Crippen molar-refractivity contribution in [1.82, 2.24) is 10.3 Å². The minimum atomic E-state index is -2.98. The van der Waals surface area contributed by atoms with E-state index in [0.29, 0.717) is 5.01 Å². The summed E-state index contributed by atoms with van der Waals surface area (Å²) in [6.07, 6.45) is 2.34. The number of sulfone groups is 1. The number of nitrogens with one attached hydrogen (secondary N) is 1. The minimum absolute atomic E-state index is 0.0734. The SMILES string of the molecule is CCCCNCc1sc(CS(=O)(=O)CC)nc1C.